The Labute approximate surface area is 121 Å². The van der Waals surface area contributed by atoms with Crippen LogP contribution in [0.25, 0.3) is 10.9 Å². The maximum atomic E-state index is 5.55. The van der Waals surface area contributed by atoms with Gasteiger partial charge in [0.05, 0.1) is 12.1 Å². The highest BCUT2D eigenvalue weighted by Crippen LogP contribution is 2.17. The quantitative estimate of drug-likeness (QED) is 0.747. The van der Waals surface area contributed by atoms with Crippen LogP contribution in [0.2, 0.25) is 0 Å². The molecule has 0 spiro atoms. The average Bonchev–Trinajstić information content (AvgIpc) is 2.46. The average molecular weight is 272 g/mol. The van der Waals surface area contributed by atoms with Gasteiger partial charge in [0.1, 0.15) is 0 Å². The summed E-state index contributed by atoms with van der Waals surface area (Å²) in [6.45, 7) is 7.63. The highest BCUT2D eigenvalue weighted by Gasteiger charge is 2.02. The van der Waals surface area contributed by atoms with Crippen LogP contribution < -0.4 is 5.32 Å². The fourth-order valence-electron chi connectivity index (χ4n) is 2.26. The van der Waals surface area contributed by atoms with Gasteiger partial charge in [0.2, 0.25) is 0 Å². The van der Waals surface area contributed by atoms with Gasteiger partial charge in [-0.15, -0.1) is 0 Å². The summed E-state index contributed by atoms with van der Waals surface area (Å²) in [7, 11) is 0. The lowest BCUT2D eigenvalue weighted by Gasteiger charge is -2.09. The Morgan fingerprint density at radius 2 is 2.05 bits per heavy atom. The van der Waals surface area contributed by atoms with Crippen LogP contribution in [0.5, 0.6) is 0 Å². The zero-order valence-corrected chi connectivity index (χ0v) is 12.5. The van der Waals surface area contributed by atoms with Crippen LogP contribution in [0, 0.1) is 6.92 Å². The lowest BCUT2D eigenvalue weighted by Crippen LogP contribution is -2.19. The summed E-state index contributed by atoms with van der Waals surface area (Å²) in [5, 5.41) is 4.68. The first-order chi connectivity index (χ1) is 9.81. The first kappa shape index (κ1) is 14.9. The van der Waals surface area contributed by atoms with Gasteiger partial charge in [0.15, 0.2) is 0 Å². The van der Waals surface area contributed by atoms with Gasteiger partial charge in [-0.25, -0.2) is 0 Å². The van der Waals surface area contributed by atoms with Crippen molar-refractivity contribution in [2.24, 2.45) is 0 Å². The molecule has 0 aliphatic heterocycles. The molecule has 0 aliphatic carbocycles. The summed E-state index contributed by atoms with van der Waals surface area (Å²) >= 11 is 0. The Kier molecular flexibility index (Phi) is 5.96. The first-order valence-electron chi connectivity index (χ1n) is 7.45. The summed E-state index contributed by atoms with van der Waals surface area (Å²) in [5.41, 5.74) is 3.45. The number of pyridine rings is 1. The molecule has 2 aromatic rings. The molecule has 0 bridgehead atoms. The van der Waals surface area contributed by atoms with Gasteiger partial charge in [0, 0.05) is 30.8 Å². The van der Waals surface area contributed by atoms with Crippen molar-refractivity contribution in [1.82, 2.24) is 10.3 Å². The maximum Gasteiger partial charge on any atom is 0.0708 e. The number of aromatic nitrogens is 1. The zero-order chi connectivity index (χ0) is 14.2. The van der Waals surface area contributed by atoms with Gasteiger partial charge in [-0.1, -0.05) is 31.5 Å². The minimum atomic E-state index is 0.780. The van der Waals surface area contributed by atoms with Gasteiger partial charge in [-0.05, 0) is 31.0 Å². The number of hydrogen-bond acceptors (Lipinski definition) is 3. The Morgan fingerprint density at radius 3 is 2.90 bits per heavy atom. The van der Waals surface area contributed by atoms with E-state index in [1.54, 1.807) is 0 Å². The Hall–Kier alpha value is -1.45. The predicted molar refractivity (Wildman–Crippen MR) is 83.9 cm³/mol. The summed E-state index contributed by atoms with van der Waals surface area (Å²) in [4.78, 5) is 4.56. The third-order valence-electron chi connectivity index (χ3n) is 3.31. The monoisotopic (exact) mass is 272 g/mol. The van der Waals surface area contributed by atoms with Crippen molar-refractivity contribution >= 4 is 10.9 Å². The van der Waals surface area contributed by atoms with E-state index in [0.29, 0.717) is 0 Å². The van der Waals surface area contributed by atoms with E-state index >= 15 is 0 Å². The van der Waals surface area contributed by atoms with Crippen molar-refractivity contribution in [3.63, 3.8) is 0 Å². The highest BCUT2D eigenvalue weighted by atomic mass is 16.5. The molecule has 0 saturated carbocycles. The molecule has 0 saturated heterocycles. The molecule has 3 heteroatoms. The minimum Gasteiger partial charge on any atom is -0.380 e. The molecule has 0 atom stereocenters. The van der Waals surface area contributed by atoms with Crippen LogP contribution in [0.3, 0.4) is 0 Å². The summed E-state index contributed by atoms with van der Waals surface area (Å²) in [6.07, 6.45) is 2.34. The molecular formula is C17H24N2O. The van der Waals surface area contributed by atoms with Crippen molar-refractivity contribution in [2.75, 3.05) is 19.8 Å². The molecule has 1 N–H and O–H groups in total. The van der Waals surface area contributed by atoms with Crippen molar-refractivity contribution in [3.05, 3.63) is 41.6 Å². The second-order valence-corrected chi connectivity index (χ2v) is 5.08. The van der Waals surface area contributed by atoms with E-state index in [9.17, 15) is 0 Å². The van der Waals surface area contributed by atoms with E-state index in [-0.39, 0.29) is 0 Å². The van der Waals surface area contributed by atoms with Crippen molar-refractivity contribution < 1.29 is 4.74 Å². The molecule has 0 fully saturated rings. The van der Waals surface area contributed by atoms with Crippen LogP contribution in [0.15, 0.2) is 30.3 Å². The number of hydrogen-bond donors (Lipinski definition) is 1. The molecular weight excluding hydrogens is 248 g/mol. The summed E-state index contributed by atoms with van der Waals surface area (Å²) in [6, 6.07) is 10.5. The number of nitrogens with one attached hydrogen (secondary N) is 1. The highest BCUT2D eigenvalue weighted by molar-refractivity contribution is 5.82. The molecule has 3 nitrogen and oxygen atoms in total. The van der Waals surface area contributed by atoms with Crippen molar-refractivity contribution in [3.8, 4) is 0 Å². The van der Waals surface area contributed by atoms with E-state index in [2.05, 4.69) is 41.5 Å². The Bertz CT molecular complexity index is 540. The third kappa shape index (κ3) is 4.29. The summed E-state index contributed by atoms with van der Waals surface area (Å²) < 4.78 is 5.55. The van der Waals surface area contributed by atoms with Gasteiger partial charge < -0.3 is 10.1 Å². The second-order valence-electron chi connectivity index (χ2n) is 5.08. The van der Waals surface area contributed by atoms with E-state index in [0.717, 1.165) is 43.9 Å². The van der Waals surface area contributed by atoms with Crippen molar-refractivity contribution in [2.45, 2.75) is 33.2 Å². The molecule has 108 valence electrons. The Morgan fingerprint density at radius 1 is 1.20 bits per heavy atom. The number of unbranched alkanes of at least 4 members (excludes halogenated alkanes) is 1. The third-order valence-corrected chi connectivity index (χ3v) is 3.31. The second kappa shape index (κ2) is 7.98. The molecule has 0 radical (unpaired) electrons. The van der Waals surface area contributed by atoms with E-state index in [1.807, 2.05) is 13.0 Å². The van der Waals surface area contributed by atoms with Gasteiger partial charge in [-0.3, -0.25) is 4.98 Å². The molecule has 1 heterocycles. The fraction of sp³-hybridized carbons (Fsp3) is 0.471. The molecule has 1 aromatic carbocycles. The summed E-state index contributed by atoms with van der Waals surface area (Å²) in [5.74, 6) is 0. The fourth-order valence-corrected chi connectivity index (χ4v) is 2.26. The van der Waals surface area contributed by atoms with Crippen LogP contribution in [-0.4, -0.2) is 24.7 Å². The number of fused-ring (bicyclic) bond motifs is 1. The number of nitrogens with zero attached hydrogens (tertiary/aromatic N) is 1. The van der Waals surface area contributed by atoms with E-state index < -0.39 is 0 Å². The van der Waals surface area contributed by atoms with E-state index in [1.165, 1.54) is 17.4 Å². The number of ether oxygens (including phenoxy) is 1. The van der Waals surface area contributed by atoms with Crippen LogP contribution in [0.4, 0.5) is 0 Å². The predicted octanol–water partition coefficient (Wildman–Crippen LogP) is 3.45. The topological polar surface area (TPSA) is 34.1 Å². The minimum absolute atomic E-state index is 0.780. The van der Waals surface area contributed by atoms with Crippen LogP contribution in [-0.2, 0) is 11.3 Å². The largest absolute Gasteiger partial charge is 0.380 e. The number of rotatable bonds is 8. The smallest absolute Gasteiger partial charge is 0.0708 e. The lowest BCUT2D eigenvalue weighted by molar-refractivity contribution is 0.133. The van der Waals surface area contributed by atoms with Gasteiger partial charge >= 0.3 is 0 Å². The molecule has 2 rings (SSSR count). The number of aryl methyl sites for hydroxylation is 1. The zero-order valence-electron chi connectivity index (χ0n) is 12.5. The van der Waals surface area contributed by atoms with E-state index in [4.69, 9.17) is 4.74 Å². The molecule has 0 aliphatic rings. The van der Waals surface area contributed by atoms with Gasteiger partial charge in [0.25, 0.3) is 0 Å². The standard InChI is InChI=1S/C17H24N2O/c1-3-4-10-20-11-9-18-13-15-12-14(2)19-17-8-6-5-7-16(15)17/h5-8,12,18H,3-4,9-11,13H2,1-2H3. The molecule has 0 unspecified atom stereocenters. The van der Waals surface area contributed by atoms with Crippen molar-refractivity contribution in [1.29, 1.82) is 0 Å². The van der Waals surface area contributed by atoms with Crippen LogP contribution in [0.1, 0.15) is 31.0 Å². The number of para-hydroxylation sites is 1. The SMILES string of the molecule is CCCCOCCNCc1cc(C)nc2ccccc12. The maximum absolute atomic E-state index is 5.55. The lowest BCUT2D eigenvalue weighted by atomic mass is 10.1. The molecule has 1 aromatic heterocycles. The molecule has 0 amide bonds. The molecule has 20 heavy (non-hydrogen) atoms. The number of benzene rings is 1. The van der Waals surface area contributed by atoms with Crippen LogP contribution >= 0.6 is 0 Å². The Balaban J connectivity index is 1.86. The normalized spacial score (nSPS) is 11.1. The first-order valence-corrected chi connectivity index (χ1v) is 7.45. The van der Waals surface area contributed by atoms with Gasteiger partial charge in [-0.2, -0.15) is 0 Å².